The fraction of sp³-hybridized carbons (Fsp3) is 0.333. The van der Waals surface area contributed by atoms with Gasteiger partial charge in [-0.3, -0.25) is 0 Å². The molecule has 2 unspecified atom stereocenters. The van der Waals surface area contributed by atoms with Gasteiger partial charge in [0, 0.05) is 35.6 Å². The Morgan fingerprint density at radius 3 is 2.94 bits per heavy atom. The third kappa shape index (κ3) is 3.84. The molecule has 9 heteroatoms. The zero-order valence-electron chi connectivity index (χ0n) is 18.1. The van der Waals surface area contributed by atoms with Crippen LogP contribution in [0, 0.1) is 0 Å². The Kier molecular flexibility index (Phi) is 5.03. The summed E-state index contributed by atoms with van der Waals surface area (Å²) < 4.78 is 13.7. The van der Waals surface area contributed by atoms with Gasteiger partial charge in [0.15, 0.2) is 12.1 Å². The molecule has 2 aliphatic rings. The minimum Gasteiger partial charge on any atom is -0.493 e. The van der Waals surface area contributed by atoms with E-state index in [2.05, 4.69) is 31.4 Å². The van der Waals surface area contributed by atoms with Gasteiger partial charge in [0.05, 0.1) is 18.3 Å². The number of nitrogens with one attached hydrogen (secondary N) is 1. The van der Waals surface area contributed by atoms with Gasteiger partial charge in [-0.2, -0.15) is 20.1 Å². The van der Waals surface area contributed by atoms with Crippen molar-refractivity contribution in [1.29, 1.82) is 0 Å². The van der Waals surface area contributed by atoms with Crippen LogP contribution in [0.1, 0.15) is 37.0 Å². The lowest BCUT2D eigenvalue weighted by atomic mass is 10.0. The molecule has 2 aromatic heterocycles. The van der Waals surface area contributed by atoms with E-state index >= 15 is 0 Å². The molecule has 1 fully saturated rings. The van der Waals surface area contributed by atoms with Gasteiger partial charge in [-0.1, -0.05) is 30.3 Å². The van der Waals surface area contributed by atoms with E-state index in [9.17, 15) is 0 Å². The van der Waals surface area contributed by atoms with Crippen molar-refractivity contribution in [3.05, 3.63) is 54.2 Å². The maximum Gasteiger partial charge on any atom is 0.228 e. The summed E-state index contributed by atoms with van der Waals surface area (Å²) in [5, 5.41) is 8.93. The van der Waals surface area contributed by atoms with Gasteiger partial charge in [-0.15, -0.1) is 0 Å². The van der Waals surface area contributed by atoms with Crippen molar-refractivity contribution >= 4 is 22.8 Å². The van der Waals surface area contributed by atoms with E-state index in [4.69, 9.17) is 15.2 Å². The second-order valence-corrected chi connectivity index (χ2v) is 8.45. The number of rotatable bonds is 5. The maximum atomic E-state index is 6.03. The highest BCUT2D eigenvalue weighted by Gasteiger charge is 2.24. The minimum atomic E-state index is -0.0383. The molecule has 9 nitrogen and oxygen atoms in total. The van der Waals surface area contributed by atoms with E-state index in [0.29, 0.717) is 24.9 Å². The normalized spacial score (nSPS) is 19.9. The summed E-state index contributed by atoms with van der Waals surface area (Å²) in [5.74, 6) is 2.31. The lowest BCUT2D eigenvalue weighted by Crippen LogP contribution is -2.19. The molecule has 3 N–H and O–H groups in total. The van der Waals surface area contributed by atoms with Crippen LogP contribution in [-0.4, -0.2) is 44.5 Å². The first kappa shape index (κ1) is 19.9. The van der Waals surface area contributed by atoms with Crippen molar-refractivity contribution in [3.63, 3.8) is 0 Å². The number of benzene rings is 2. The highest BCUT2D eigenvalue weighted by molar-refractivity contribution is 5.83. The molecular weight excluding hydrogens is 418 g/mol. The highest BCUT2D eigenvalue weighted by atomic mass is 16.5. The molecule has 4 heterocycles. The summed E-state index contributed by atoms with van der Waals surface area (Å²) in [6.07, 6.45) is 5.03. The van der Waals surface area contributed by atoms with Crippen LogP contribution in [0.4, 0.5) is 11.9 Å². The first-order valence-corrected chi connectivity index (χ1v) is 11.3. The SMILES string of the molecule is Nc1nc(NCC2COc3ccccc32)nc(-c2ccc3cnn(C4CCCCO4)c3c2)n1. The second kappa shape index (κ2) is 8.32. The molecule has 0 amide bonds. The van der Waals surface area contributed by atoms with Gasteiger partial charge in [0.2, 0.25) is 11.9 Å². The predicted molar refractivity (Wildman–Crippen MR) is 125 cm³/mol. The van der Waals surface area contributed by atoms with Crippen LogP contribution in [-0.2, 0) is 4.74 Å². The molecule has 2 atom stereocenters. The average Bonchev–Trinajstić information content (AvgIpc) is 3.47. The van der Waals surface area contributed by atoms with Crippen molar-refractivity contribution in [2.75, 3.05) is 30.8 Å². The number of fused-ring (bicyclic) bond motifs is 2. The van der Waals surface area contributed by atoms with Gasteiger partial charge in [0.1, 0.15) is 5.75 Å². The fourth-order valence-corrected chi connectivity index (χ4v) is 4.54. The summed E-state index contributed by atoms with van der Waals surface area (Å²) in [6.45, 7) is 2.04. The fourth-order valence-electron chi connectivity index (χ4n) is 4.54. The Bertz CT molecular complexity index is 1300. The van der Waals surface area contributed by atoms with Gasteiger partial charge in [-0.05, 0) is 31.4 Å². The lowest BCUT2D eigenvalue weighted by molar-refractivity contribution is -0.0366. The Morgan fingerprint density at radius 2 is 2.03 bits per heavy atom. The number of aromatic nitrogens is 5. The van der Waals surface area contributed by atoms with E-state index in [-0.39, 0.29) is 18.1 Å². The van der Waals surface area contributed by atoms with Crippen LogP contribution < -0.4 is 15.8 Å². The first-order chi connectivity index (χ1) is 16.2. The Balaban J connectivity index is 1.26. The van der Waals surface area contributed by atoms with Crippen molar-refractivity contribution in [1.82, 2.24) is 24.7 Å². The van der Waals surface area contributed by atoms with E-state index in [0.717, 1.165) is 48.1 Å². The molecular formula is C24H25N7O2. The molecule has 0 aliphatic carbocycles. The number of ether oxygens (including phenoxy) is 2. The molecule has 2 aromatic carbocycles. The van der Waals surface area contributed by atoms with Crippen LogP contribution in [0.2, 0.25) is 0 Å². The van der Waals surface area contributed by atoms with Crippen LogP contribution in [0.5, 0.6) is 5.75 Å². The second-order valence-electron chi connectivity index (χ2n) is 8.45. The topological polar surface area (TPSA) is 113 Å². The van der Waals surface area contributed by atoms with Gasteiger partial charge < -0.3 is 20.5 Å². The van der Waals surface area contributed by atoms with Crippen molar-refractivity contribution in [3.8, 4) is 17.1 Å². The Labute approximate surface area is 191 Å². The number of nitrogen functional groups attached to an aromatic ring is 1. The number of hydrogen-bond acceptors (Lipinski definition) is 8. The third-order valence-electron chi connectivity index (χ3n) is 6.24. The molecule has 0 bridgehead atoms. The third-order valence-corrected chi connectivity index (χ3v) is 6.24. The minimum absolute atomic E-state index is 0.0383. The molecule has 4 aromatic rings. The number of nitrogens with zero attached hydrogens (tertiary/aromatic N) is 5. The van der Waals surface area contributed by atoms with Crippen LogP contribution >= 0.6 is 0 Å². The number of nitrogens with two attached hydrogens (primary N) is 1. The van der Waals surface area contributed by atoms with E-state index < -0.39 is 0 Å². The van der Waals surface area contributed by atoms with E-state index in [1.165, 1.54) is 5.56 Å². The molecule has 6 rings (SSSR count). The predicted octanol–water partition coefficient (Wildman–Crippen LogP) is 3.76. The van der Waals surface area contributed by atoms with Crippen LogP contribution in [0.25, 0.3) is 22.3 Å². The monoisotopic (exact) mass is 443 g/mol. The zero-order valence-corrected chi connectivity index (χ0v) is 18.1. The maximum absolute atomic E-state index is 6.03. The quantitative estimate of drug-likeness (QED) is 0.479. The standard InChI is InChI=1S/C24H25N7O2/c25-23-28-22(29-24(30-23)26-12-17-14-33-20-6-2-1-5-18(17)20)15-8-9-16-13-27-31(19(16)11-15)21-7-3-4-10-32-21/h1-2,5-6,8-9,11,13,17,21H,3-4,7,10,12,14H2,(H3,25,26,28,29,30). The van der Waals surface area contributed by atoms with Gasteiger partial charge in [0.25, 0.3) is 0 Å². The van der Waals surface area contributed by atoms with E-state index in [1.54, 1.807) is 0 Å². The summed E-state index contributed by atoms with van der Waals surface area (Å²) in [5.41, 5.74) is 9.07. The number of anilines is 2. The number of hydrogen-bond donors (Lipinski definition) is 2. The lowest BCUT2D eigenvalue weighted by Gasteiger charge is -2.23. The molecule has 33 heavy (non-hydrogen) atoms. The molecule has 0 radical (unpaired) electrons. The first-order valence-electron chi connectivity index (χ1n) is 11.3. The van der Waals surface area contributed by atoms with Crippen LogP contribution in [0.15, 0.2) is 48.7 Å². The highest BCUT2D eigenvalue weighted by Crippen LogP contribution is 2.33. The van der Waals surface area contributed by atoms with Gasteiger partial charge in [-0.25, -0.2) is 4.68 Å². The molecule has 2 aliphatic heterocycles. The largest absolute Gasteiger partial charge is 0.493 e. The smallest absolute Gasteiger partial charge is 0.228 e. The van der Waals surface area contributed by atoms with Crippen molar-refractivity contribution in [2.45, 2.75) is 31.4 Å². The molecule has 0 saturated carbocycles. The summed E-state index contributed by atoms with van der Waals surface area (Å²) in [4.78, 5) is 13.3. The van der Waals surface area contributed by atoms with Crippen LogP contribution in [0.3, 0.4) is 0 Å². The Morgan fingerprint density at radius 1 is 1.09 bits per heavy atom. The van der Waals surface area contributed by atoms with Crippen molar-refractivity contribution in [2.24, 2.45) is 0 Å². The molecule has 0 spiro atoms. The van der Waals surface area contributed by atoms with E-state index in [1.807, 2.05) is 47.3 Å². The summed E-state index contributed by atoms with van der Waals surface area (Å²) in [6, 6.07) is 14.1. The molecule has 1 saturated heterocycles. The number of para-hydroxylation sites is 1. The van der Waals surface area contributed by atoms with Crippen molar-refractivity contribution < 1.29 is 9.47 Å². The zero-order chi connectivity index (χ0) is 22.2. The van der Waals surface area contributed by atoms with Gasteiger partial charge >= 0.3 is 0 Å². The summed E-state index contributed by atoms with van der Waals surface area (Å²) in [7, 11) is 0. The Hall–Kier alpha value is -3.72. The summed E-state index contributed by atoms with van der Waals surface area (Å²) >= 11 is 0. The average molecular weight is 444 g/mol. The molecule has 168 valence electrons.